The van der Waals surface area contributed by atoms with Gasteiger partial charge in [-0.1, -0.05) is 6.07 Å². The second-order valence-electron chi connectivity index (χ2n) is 4.21. The molecule has 5 nitrogen and oxygen atoms in total. The number of amides is 1. The van der Waals surface area contributed by atoms with Crippen molar-refractivity contribution < 1.29 is 13.9 Å². The van der Waals surface area contributed by atoms with Crippen LogP contribution in [0.2, 0.25) is 0 Å². The summed E-state index contributed by atoms with van der Waals surface area (Å²) in [5.74, 6) is 0.822. The maximum absolute atomic E-state index is 11.2. The number of rotatable bonds is 4. The van der Waals surface area contributed by atoms with Gasteiger partial charge in [0.2, 0.25) is 0 Å². The van der Waals surface area contributed by atoms with E-state index >= 15 is 0 Å². The molecule has 2 rings (SSSR count). The summed E-state index contributed by atoms with van der Waals surface area (Å²) in [6.45, 7) is 1.99. The Morgan fingerprint density at radius 2 is 2.05 bits per heavy atom. The third-order valence-corrected chi connectivity index (χ3v) is 3.12. The van der Waals surface area contributed by atoms with Crippen molar-refractivity contribution in [1.29, 1.82) is 0 Å². The van der Waals surface area contributed by atoms with Gasteiger partial charge in [0.25, 0.3) is 0 Å². The molecule has 1 unspecified atom stereocenters. The summed E-state index contributed by atoms with van der Waals surface area (Å²) in [6.07, 6.45) is -0.495. The minimum absolute atomic E-state index is 0.00896. The van der Waals surface area contributed by atoms with Gasteiger partial charge < -0.3 is 14.5 Å². The van der Waals surface area contributed by atoms with Gasteiger partial charge in [0.05, 0.1) is 13.2 Å². The fourth-order valence-electron chi connectivity index (χ4n) is 1.74. The van der Waals surface area contributed by atoms with Crippen molar-refractivity contribution in [3.63, 3.8) is 0 Å². The number of benzene rings is 1. The minimum Gasteiger partial charge on any atom is -0.453 e. The highest BCUT2D eigenvalue weighted by molar-refractivity contribution is 9.10. The van der Waals surface area contributed by atoms with Gasteiger partial charge in [0.15, 0.2) is 4.67 Å². The highest BCUT2D eigenvalue weighted by Gasteiger charge is 2.10. The quantitative estimate of drug-likeness (QED) is 0.867. The van der Waals surface area contributed by atoms with E-state index in [1.807, 2.05) is 37.3 Å². The summed E-state index contributed by atoms with van der Waals surface area (Å²) in [5.41, 5.74) is 1.54. The first kappa shape index (κ1) is 14.5. The van der Waals surface area contributed by atoms with Crippen molar-refractivity contribution in [2.45, 2.75) is 13.0 Å². The Balaban J connectivity index is 2.05. The average Bonchev–Trinajstić information content (AvgIpc) is 2.86. The molecule has 0 spiro atoms. The van der Waals surface area contributed by atoms with Gasteiger partial charge in [0, 0.05) is 11.4 Å². The van der Waals surface area contributed by atoms with Crippen molar-refractivity contribution in [2.75, 3.05) is 17.7 Å². The summed E-state index contributed by atoms with van der Waals surface area (Å²) in [5, 5.41) is 5.91. The number of methoxy groups -OCH3 is 1. The number of furan rings is 1. The van der Waals surface area contributed by atoms with E-state index in [1.165, 1.54) is 7.11 Å². The van der Waals surface area contributed by atoms with E-state index in [4.69, 9.17) is 4.42 Å². The first-order valence-corrected chi connectivity index (χ1v) is 6.84. The SMILES string of the molecule is COC(=O)Nc1cccc(NC(C)c2ccc(Br)o2)c1. The molecule has 0 aliphatic heterocycles. The first-order chi connectivity index (χ1) is 9.58. The summed E-state index contributed by atoms with van der Waals surface area (Å²) in [6, 6.07) is 11.1. The Hall–Kier alpha value is -1.95. The lowest BCUT2D eigenvalue weighted by Gasteiger charge is -2.14. The van der Waals surface area contributed by atoms with Crippen LogP contribution in [0.4, 0.5) is 16.2 Å². The van der Waals surface area contributed by atoms with Crippen LogP contribution in [0.15, 0.2) is 45.5 Å². The van der Waals surface area contributed by atoms with Crippen LogP contribution in [0, 0.1) is 0 Å². The molecule has 0 fully saturated rings. The predicted molar refractivity (Wildman–Crippen MR) is 80.9 cm³/mol. The van der Waals surface area contributed by atoms with E-state index in [0.29, 0.717) is 10.4 Å². The van der Waals surface area contributed by atoms with Crippen molar-refractivity contribution >= 4 is 33.4 Å². The maximum atomic E-state index is 11.2. The van der Waals surface area contributed by atoms with Crippen molar-refractivity contribution in [1.82, 2.24) is 0 Å². The van der Waals surface area contributed by atoms with Crippen LogP contribution in [0.25, 0.3) is 0 Å². The summed E-state index contributed by atoms with van der Waals surface area (Å²) >= 11 is 3.28. The first-order valence-electron chi connectivity index (χ1n) is 6.05. The molecule has 0 saturated carbocycles. The second-order valence-corrected chi connectivity index (χ2v) is 4.99. The van der Waals surface area contributed by atoms with Crippen LogP contribution in [0.3, 0.4) is 0 Å². The number of carbonyl (C=O) groups excluding carboxylic acids is 1. The molecule has 1 atom stereocenters. The molecule has 0 saturated heterocycles. The number of hydrogen-bond donors (Lipinski definition) is 2. The molecule has 0 aliphatic rings. The molecule has 2 N–H and O–H groups in total. The number of anilines is 2. The van der Waals surface area contributed by atoms with Gasteiger partial charge in [-0.05, 0) is 53.2 Å². The minimum atomic E-state index is -0.495. The zero-order valence-corrected chi connectivity index (χ0v) is 12.7. The molecule has 106 valence electrons. The molecule has 1 aromatic heterocycles. The molecular weight excluding hydrogens is 324 g/mol. The van der Waals surface area contributed by atoms with Gasteiger partial charge in [0.1, 0.15) is 5.76 Å². The van der Waals surface area contributed by atoms with Crippen molar-refractivity contribution in [2.24, 2.45) is 0 Å². The summed E-state index contributed by atoms with van der Waals surface area (Å²) in [4.78, 5) is 11.2. The zero-order chi connectivity index (χ0) is 14.5. The Labute approximate surface area is 125 Å². The van der Waals surface area contributed by atoms with Crippen LogP contribution < -0.4 is 10.6 Å². The fourth-order valence-corrected chi connectivity index (χ4v) is 2.06. The smallest absolute Gasteiger partial charge is 0.411 e. The number of halogens is 1. The lowest BCUT2D eigenvalue weighted by atomic mass is 10.2. The highest BCUT2D eigenvalue weighted by atomic mass is 79.9. The van der Waals surface area contributed by atoms with Crippen LogP contribution in [0.1, 0.15) is 18.7 Å². The molecule has 2 aromatic rings. The van der Waals surface area contributed by atoms with Gasteiger partial charge in [-0.3, -0.25) is 5.32 Å². The van der Waals surface area contributed by atoms with Gasteiger partial charge in [-0.15, -0.1) is 0 Å². The van der Waals surface area contributed by atoms with Crippen LogP contribution in [-0.4, -0.2) is 13.2 Å². The average molecular weight is 339 g/mol. The normalized spacial score (nSPS) is 11.8. The van der Waals surface area contributed by atoms with Gasteiger partial charge in [-0.2, -0.15) is 0 Å². The van der Waals surface area contributed by atoms with Crippen molar-refractivity contribution in [3.05, 3.63) is 46.8 Å². The number of carbonyl (C=O) groups is 1. The molecular formula is C14H15BrN2O3. The molecule has 0 radical (unpaired) electrons. The molecule has 1 amide bonds. The Kier molecular flexibility index (Phi) is 4.68. The molecule has 20 heavy (non-hydrogen) atoms. The largest absolute Gasteiger partial charge is 0.453 e. The second kappa shape index (κ2) is 6.47. The topological polar surface area (TPSA) is 63.5 Å². The lowest BCUT2D eigenvalue weighted by molar-refractivity contribution is 0.187. The number of hydrogen-bond acceptors (Lipinski definition) is 4. The molecule has 6 heteroatoms. The van der Waals surface area contributed by atoms with Crippen LogP contribution in [-0.2, 0) is 4.74 Å². The van der Waals surface area contributed by atoms with E-state index < -0.39 is 6.09 Å². The summed E-state index contributed by atoms with van der Waals surface area (Å²) in [7, 11) is 1.33. The fraction of sp³-hybridized carbons (Fsp3) is 0.214. The Morgan fingerprint density at radius 1 is 1.30 bits per heavy atom. The molecule has 0 aliphatic carbocycles. The van der Waals surface area contributed by atoms with Gasteiger partial charge in [-0.25, -0.2) is 4.79 Å². The standard InChI is InChI=1S/C14H15BrN2O3/c1-9(12-6-7-13(15)20-12)16-10-4-3-5-11(8-10)17-14(18)19-2/h3-9,16H,1-2H3,(H,17,18). The van der Waals surface area contributed by atoms with Crippen LogP contribution in [0.5, 0.6) is 0 Å². The van der Waals surface area contributed by atoms with Crippen LogP contribution >= 0.6 is 15.9 Å². The molecule has 1 aromatic carbocycles. The Morgan fingerprint density at radius 3 is 2.70 bits per heavy atom. The predicted octanol–water partition coefficient (Wildman–Crippen LogP) is 4.39. The maximum Gasteiger partial charge on any atom is 0.411 e. The molecule has 0 bridgehead atoms. The van der Waals surface area contributed by atoms with Gasteiger partial charge >= 0.3 is 6.09 Å². The number of ether oxygens (including phenoxy) is 1. The third-order valence-electron chi connectivity index (χ3n) is 2.70. The molecule has 1 heterocycles. The monoisotopic (exact) mass is 338 g/mol. The van der Waals surface area contributed by atoms with E-state index in [9.17, 15) is 4.79 Å². The third kappa shape index (κ3) is 3.77. The summed E-state index contributed by atoms with van der Waals surface area (Å²) < 4.78 is 10.7. The van der Waals surface area contributed by atoms with Crippen molar-refractivity contribution in [3.8, 4) is 0 Å². The number of nitrogens with one attached hydrogen (secondary N) is 2. The lowest BCUT2D eigenvalue weighted by Crippen LogP contribution is -2.11. The highest BCUT2D eigenvalue weighted by Crippen LogP contribution is 2.24. The Bertz CT molecular complexity index is 598. The van der Waals surface area contributed by atoms with E-state index in [1.54, 1.807) is 6.07 Å². The van der Waals surface area contributed by atoms with E-state index in [-0.39, 0.29) is 6.04 Å². The zero-order valence-electron chi connectivity index (χ0n) is 11.1. The van der Waals surface area contributed by atoms with E-state index in [0.717, 1.165) is 11.4 Å². The van der Waals surface area contributed by atoms with E-state index in [2.05, 4.69) is 31.3 Å².